The second-order valence-electron chi connectivity index (χ2n) is 3.48. The van der Waals surface area contributed by atoms with E-state index in [0.29, 0.717) is 27.4 Å². The Morgan fingerprint density at radius 2 is 1.65 bits per heavy atom. The molecule has 4 heteroatoms. The molecule has 88 valence electrons. The minimum atomic E-state index is 0.385. The Morgan fingerprint density at radius 1 is 0.882 bits per heavy atom. The zero-order chi connectivity index (χ0) is 12.3. The molecule has 1 nitrogen and oxygen atoms in total. The lowest BCUT2D eigenvalue weighted by atomic mass is 10.2. The smallest absolute Gasteiger partial charge is 0.121 e. The minimum absolute atomic E-state index is 0.385. The predicted octanol–water partition coefficient (Wildman–Crippen LogP) is 5.23. The molecule has 0 aliphatic rings. The van der Waals surface area contributed by atoms with Crippen LogP contribution in [-0.2, 0) is 6.61 Å². The first-order valence-electron chi connectivity index (χ1n) is 4.97. The van der Waals surface area contributed by atoms with Gasteiger partial charge in [0, 0.05) is 20.6 Å². The number of halogens is 3. The molecule has 0 N–H and O–H groups in total. The molecule has 0 radical (unpaired) electrons. The SMILES string of the molecule is Clc1cccc(OCc2ccc(Cl)cc2Cl)c1. The molecule has 0 amide bonds. The lowest BCUT2D eigenvalue weighted by molar-refractivity contribution is 0.306. The third-order valence-electron chi connectivity index (χ3n) is 2.21. The van der Waals surface area contributed by atoms with Gasteiger partial charge in [0.25, 0.3) is 0 Å². The van der Waals surface area contributed by atoms with Gasteiger partial charge in [-0.1, -0.05) is 46.9 Å². The van der Waals surface area contributed by atoms with Crippen molar-refractivity contribution in [1.82, 2.24) is 0 Å². The summed E-state index contributed by atoms with van der Waals surface area (Å²) in [6.07, 6.45) is 0. The molecule has 0 bridgehead atoms. The largest absolute Gasteiger partial charge is 0.489 e. The maximum atomic E-state index is 6.04. The first-order chi connectivity index (χ1) is 8.15. The Kier molecular flexibility index (Phi) is 4.16. The van der Waals surface area contributed by atoms with Gasteiger partial charge in [-0.25, -0.2) is 0 Å². The number of ether oxygens (including phenoxy) is 1. The second kappa shape index (κ2) is 5.63. The Balaban J connectivity index is 2.07. The molecule has 2 aromatic carbocycles. The highest BCUT2D eigenvalue weighted by atomic mass is 35.5. The molecule has 0 saturated heterocycles. The van der Waals surface area contributed by atoms with Crippen molar-refractivity contribution in [3.05, 3.63) is 63.1 Å². The summed E-state index contributed by atoms with van der Waals surface area (Å²) in [6, 6.07) is 12.5. The molecule has 0 fully saturated rings. The fourth-order valence-corrected chi connectivity index (χ4v) is 2.00. The number of rotatable bonds is 3. The summed E-state index contributed by atoms with van der Waals surface area (Å²) in [5.41, 5.74) is 0.885. The fourth-order valence-electron chi connectivity index (χ4n) is 1.36. The Hall–Kier alpha value is -0.890. The summed E-state index contributed by atoms with van der Waals surface area (Å²) in [5, 5.41) is 1.85. The van der Waals surface area contributed by atoms with Crippen LogP contribution in [0, 0.1) is 0 Å². The molecular weight excluding hydrogens is 279 g/mol. The average Bonchev–Trinajstić information content (AvgIpc) is 2.28. The molecule has 2 rings (SSSR count). The third-order valence-corrected chi connectivity index (χ3v) is 3.03. The summed E-state index contributed by atoms with van der Waals surface area (Å²) < 4.78 is 5.58. The van der Waals surface area contributed by atoms with Crippen LogP contribution in [0.15, 0.2) is 42.5 Å². The molecule has 0 aliphatic heterocycles. The van der Waals surface area contributed by atoms with Crippen LogP contribution >= 0.6 is 34.8 Å². The average molecular weight is 288 g/mol. The van der Waals surface area contributed by atoms with Crippen LogP contribution in [0.2, 0.25) is 15.1 Å². The molecule has 0 saturated carbocycles. The van der Waals surface area contributed by atoms with Gasteiger partial charge in [0.15, 0.2) is 0 Å². The standard InChI is InChI=1S/C13H9Cl3O/c14-10-2-1-3-12(6-10)17-8-9-4-5-11(15)7-13(9)16/h1-7H,8H2. The zero-order valence-corrected chi connectivity index (χ0v) is 11.1. The lowest BCUT2D eigenvalue weighted by Crippen LogP contribution is -1.96. The summed E-state index contributed by atoms with van der Waals surface area (Å²) in [5.74, 6) is 0.712. The highest BCUT2D eigenvalue weighted by Gasteiger charge is 2.02. The topological polar surface area (TPSA) is 9.23 Å². The monoisotopic (exact) mass is 286 g/mol. The van der Waals surface area contributed by atoms with Crippen molar-refractivity contribution in [2.24, 2.45) is 0 Å². The maximum Gasteiger partial charge on any atom is 0.121 e. The molecule has 0 atom stereocenters. The van der Waals surface area contributed by atoms with E-state index in [2.05, 4.69) is 0 Å². The first-order valence-corrected chi connectivity index (χ1v) is 6.11. The van der Waals surface area contributed by atoms with Crippen LogP contribution in [-0.4, -0.2) is 0 Å². The Labute approximate surface area is 115 Å². The Bertz CT molecular complexity index is 526. The van der Waals surface area contributed by atoms with Crippen molar-refractivity contribution in [2.45, 2.75) is 6.61 Å². The predicted molar refractivity (Wildman–Crippen MR) is 72.2 cm³/mol. The van der Waals surface area contributed by atoms with Crippen molar-refractivity contribution in [3.8, 4) is 5.75 Å². The van der Waals surface area contributed by atoms with E-state index in [1.54, 1.807) is 24.3 Å². The van der Waals surface area contributed by atoms with Crippen LogP contribution < -0.4 is 4.74 Å². The van der Waals surface area contributed by atoms with Crippen molar-refractivity contribution >= 4 is 34.8 Å². The van der Waals surface area contributed by atoms with Gasteiger partial charge in [0.05, 0.1) is 0 Å². The quantitative estimate of drug-likeness (QED) is 0.751. The van der Waals surface area contributed by atoms with E-state index in [1.807, 2.05) is 18.2 Å². The van der Waals surface area contributed by atoms with Crippen LogP contribution in [0.4, 0.5) is 0 Å². The van der Waals surface area contributed by atoms with Gasteiger partial charge in [-0.05, 0) is 30.3 Å². The number of hydrogen-bond donors (Lipinski definition) is 0. The van der Waals surface area contributed by atoms with Gasteiger partial charge < -0.3 is 4.74 Å². The summed E-state index contributed by atoms with van der Waals surface area (Å²) in [4.78, 5) is 0. The Morgan fingerprint density at radius 3 is 2.35 bits per heavy atom. The van der Waals surface area contributed by atoms with E-state index in [-0.39, 0.29) is 0 Å². The van der Waals surface area contributed by atoms with Crippen molar-refractivity contribution in [3.63, 3.8) is 0 Å². The number of benzene rings is 2. The minimum Gasteiger partial charge on any atom is -0.489 e. The van der Waals surface area contributed by atoms with Crippen molar-refractivity contribution < 1.29 is 4.74 Å². The van der Waals surface area contributed by atoms with Crippen molar-refractivity contribution in [1.29, 1.82) is 0 Å². The molecule has 0 aromatic heterocycles. The van der Waals surface area contributed by atoms with Crippen LogP contribution in [0.1, 0.15) is 5.56 Å². The maximum absolute atomic E-state index is 6.04. The van der Waals surface area contributed by atoms with E-state index in [9.17, 15) is 0 Å². The first kappa shape index (κ1) is 12.6. The molecule has 0 heterocycles. The zero-order valence-electron chi connectivity index (χ0n) is 8.79. The van der Waals surface area contributed by atoms with Gasteiger partial charge in [-0.2, -0.15) is 0 Å². The van der Waals surface area contributed by atoms with E-state index in [1.165, 1.54) is 0 Å². The van der Waals surface area contributed by atoms with Gasteiger partial charge in [-0.3, -0.25) is 0 Å². The van der Waals surface area contributed by atoms with Crippen LogP contribution in [0.5, 0.6) is 5.75 Å². The van der Waals surface area contributed by atoms with Crippen LogP contribution in [0.25, 0.3) is 0 Å². The van der Waals surface area contributed by atoms with Gasteiger partial charge in [0.1, 0.15) is 12.4 Å². The molecular formula is C13H9Cl3O. The number of hydrogen-bond acceptors (Lipinski definition) is 1. The molecule has 0 spiro atoms. The molecule has 17 heavy (non-hydrogen) atoms. The van der Waals surface area contributed by atoms with Gasteiger partial charge in [0.2, 0.25) is 0 Å². The lowest BCUT2D eigenvalue weighted by Gasteiger charge is -2.08. The molecule has 2 aromatic rings. The highest BCUT2D eigenvalue weighted by Crippen LogP contribution is 2.23. The summed E-state index contributed by atoms with van der Waals surface area (Å²) >= 11 is 17.7. The summed E-state index contributed by atoms with van der Waals surface area (Å²) in [6.45, 7) is 0.385. The van der Waals surface area contributed by atoms with E-state index < -0.39 is 0 Å². The second-order valence-corrected chi connectivity index (χ2v) is 4.76. The van der Waals surface area contributed by atoms with E-state index in [0.717, 1.165) is 5.56 Å². The molecule has 0 unspecified atom stereocenters. The van der Waals surface area contributed by atoms with Crippen molar-refractivity contribution in [2.75, 3.05) is 0 Å². The van der Waals surface area contributed by atoms with Crippen LogP contribution in [0.3, 0.4) is 0 Å². The summed E-state index contributed by atoms with van der Waals surface area (Å²) in [7, 11) is 0. The highest BCUT2D eigenvalue weighted by molar-refractivity contribution is 6.35. The van der Waals surface area contributed by atoms with Gasteiger partial charge in [-0.15, -0.1) is 0 Å². The normalized spacial score (nSPS) is 10.3. The molecule has 0 aliphatic carbocycles. The van der Waals surface area contributed by atoms with E-state index in [4.69, 9.17) is 39.5 Å². The third kappa shape index (κ3) is 3.53. The fraction of sp³-hybridized carbons (Fsp3) is 0.0769. The van der Waals surface area contributed by atoms with E-state index >= 15 is 0 Å². The van der Waals surface area contributed by atoms with Gasteiger partial charge >= 0.3 is 0 Å².